The average molecular weight is 793 g/mol. The number of carbonyl (C=O) groups is 2. The molecule has 5 heterocycles. The summed E-state index contributed by atoms with van der Waals surface area (Å²) in [6, 6.07) is 10.7. The lowest BCUT2D eigenvalue weighted by Gasteiger charge is -2.33. The molecule has 4 aromatic rings. The summed E-state index contributed by atoms with van der Waals surface area (Å²) in [4.78, 5) is 31.9. The van der Waals surface area contributed by atoms with Gasteiger partial charge in [-0.15, -0.1) is 0 Å². The molecule has 1 N–H and O–H groups in total. The first-order valence-corrected chi connectivity index (χ1v) is 21.0. The predicted octanol–water partition coefficient (Wildman–Crippen LogP) is 7.06. The topological polar surface area (TPSA) is 119 Å². The number of methoxy groups -OCH3 is 1. The van der Waals surface area contributed by atoms with Crippen LogP contribution in [-0.4, -0.2) is 88.5 Å². The average Bonchev–Trinajstić information content (AvgIpc) is 3.92. The van der Waals surface area contributed by atoms with E-state index in [9.17, 15) is 31.2 Å². The van der Waals surface area contributed by atoms with Crippen LogP contribution < -0.4 is 9.46 Å². The number of ether oxygens (including phenoxy) is 1. The highest BCUT2D eigenvalue weighted by Crippen LogP contribution is 2.49. The van der Waals surface area contributed by atoms with Crippen molar-refractivity contribution in [2.75, 3.05) is 26.7 Å². The molecule has 3 aliphatic heterocycles. The summed E-state index contributed by atoms with van der Waals surface area (Å²) in [5.41, 5.74) is 3.02. The van der Waals surface area contributed by atoms with E-state index in [1.807, 2.05) is 41.8 Å². The molecule has 0 spiro atoms. The van der Waals surface area contributed by atoms with Gasteiger partial charge in [0.15, 0.2) is 5.69 Å². The van der Waals surface area contributed by atoms with Crippen LogP contribution in [0.15, 0.2) is 36.4 Å². The molecule has 15 heteroatoms. The Balaban J connectivity index is 1.35. The lowest BCUT2D eigenvalue weighted by atomic mass is 9.81. The molecule has 2 atom stereocenters. The number of allylic oxidation sites excluding steroid dienone is 1. The Morgan fingerprint density at radius 1 is 1.02 bits per heavy atom. The Labute approximate surface area is 324 Å². The first-order chi connectivity index (χ1) is 26.6. The van der Waals surface area contributed by atoms with Crippen molar-refractivity contribution in [3.8, 4) is 17.0 Å². The third-order valence-corrected chi connectivity index (χ3v) is 14.0. The quantitative estimate of drug-likeness (QED) is 0.203. The first kappa shape index (κ1) is 38.3. The lowest BCUT2D eigenvalue weighted by molar-refractivity contribution is -0.141. The maximum Gasteiger partial charge on any atom is 0.435 e. The second kappa shape index (κ2) is 14.1. The number of fused-ring (bicyclic) bond motifs is 7. The molecule has 2 saturated heterocycles. The largest absolute Gasteiger partial charge is 0.497 e. The van der Waals surface area contributed by atoms with Gasteiger partial charge in [0.1, 0.15) is 5.75 Å². The number of benzene rings is 2. The minimum absolute atomic E-state index is 0.0394. The summed E-state index contributed by atoms with van der Waals surface area (Å²) in [6.45, 7) is 6.81. The molecule has 0 radical (unpaired) electrons. The van der Waals surface area contributed by atoms with Gasteiger partial charge in [-0.2, -0.15) is 18.3 Å². The van der Waals surface area contributed by atoms with Crippen LogP contribution in [-0.2, 0) is 29.8 Å². The molecule has 56 heavy (non-hydrogen) atoms. The van der Waals surface area contributed by atoms with E-state index in [0.29, 0.717) is 41.9 Å². The maximum atomic E-state index is 14.9. The second-order valence-electron chi connectivity index (χ2n) is 15.8. The summed E-state index contributed by atoms with van der Waals surface area (Å²) in [5, 5.41) is 4.04. The van der Waals surface area contributed by atoms with Crippen LogP contribution in [0.5, 0.6) is 5.75 Å². The normalized spacial score (nSPS) is 20.3. The number of nitrogens with one attached hydrogen (secondary N) is 1. The Kier molecular flexibility index (Phi) is 9.62. The first-order valence-electron chi connectivity index (χ1n) is 19.4. The van der Waals surface area contributed by atoms with Gasteiger partial charge in [0.05, 0.1) is 35.9 Å². The molecule has 1 saturated carbocycles. The van der Waals surface area contributed by atoms with Crippen molar-refractivity contribution in [2.45, 2.75) is 95.3 Å². The van der Waals surface area contributed by atoms with E-state index in [4.69, 9.17) is 4.74 Å². The van der Waals surface area contributed by atoms with Gasteiger partial charge < -0.3 is 14.2 Å². The molecular formula is C41H47F3N6O5S. The Morgan fingerprint density at radius 3 is 2.41 bits per heavy atom. The zero-order valence-electron chi connectivity index (χ0n) is 32.2. The van der Waals surface area contributed by atoms with Crippen molar-refractivity contribution in [1.29, 1.82) is 0 Å². The second-order valence-corrected chi connectivity index (χ2v) is 18.1. The number of hydrogen-bond donors (Lipinski definition) is 1. The van der Waals surface area contributed by atoms with Gasteiger partial charge >= 0.3 is 6.18 Å². The van der Waals surface area contributed by atoms with Crippen molar-refractivity contribution in [1.82, 2.24) is 28.9 Å². The summed E-state index contributed by atoms with van der Waals surface area (Å²) in [7, 11) is -0.945. The van der Waals surface area contributed by atoms with Crippen LogP contribution in [0.3, 0.4) is 0 Å². The van der Waals surface area contributed by atoms with E-state index in [0.717, 1.165) is 60.9 Å². The molecule has 298 valence electrons. The van der Waals surface area contributed by atoms with Gasteiger partial charge in [0.2, 0.25) is 10.0 Å². The fourth-order valence-electron chi connectivity index (χ4n) is 9.45. The van der Waals surface area contributed by atoms with E-state index < -0.39 is 44.5 Å². The number of carbonyl (C=O) groups excluding carboxylic acids is 2. The number of likely N-dealkylation sites (tertiary alicyclic amines) is 2. The van der Waals surface area contributed by atoms with Crippen molar-refractivity contribution < 1.29 is 35.9 Å². The van der Waals surface area contributed by atoms with Gasteiger partial charge in [0.25, 0.3) is 11.8 Å². The molecule has 4 aliphatic rings. The third kappa shape index (κ3) is 6.40. The van der Waals surface area contributed by atoms with Crippen LogP contribution in [0, 0.1) is 0 Å². The van der Waals surface area contributed by atoms with Crippen molar-refractivity contribution in [3.05, 3.63) is 70.0 Å². The van der Waals surface area contributed by atoms with Gasteiger partial charge in [-0.1, -0.05) is 32.3 Å². The van der Waals surface area contributed by atoms with Crippen LogP contribution in [0.1, 0.15) is 108 Å². The molecule has 2 amide bonds. The molecule has 1 unspecified atom stereocenters. The molecule has 2 bridgehead atoms. The van der Waals surface area contributed by atoms with Gasteiger partial charge in [0, 0.05) is 54.3 Å². The molecule has 11 nitrogen and oxygen atoms in total. The number of rotatable bonds is 8. The van der Waals surface area contributed by atoms with Gasteiger partial charge in [-0.25, -0.2) is 13.1 Å². The van der Waals surface area contributed by atoms with Gasteiger partial charge in [-0.3, -0.25) is 19.2 Å². The summed E-state index contributed by atoms with van der Waals surface area (Å²) >= 11 is 0. The Morgan fingerprint density at radius 2 is 1.77 bits per heavy atom. The number of hydrogen-bond acceptors (Lipinski definition) is 7. The number of amides is 2. The van der Waals surface area contributed by atoms with Crippen molar-refractivity contribution in [2.24, 2.45) is 7.05 Å². The number of aromatic nitrogens is 3. The summed E-state index contributed by atoms with van der Waals surface area (Å²) in [6.07, 6.45) is 2.72. The molecule has 2 aromatic carbocycles. The van der Waals surface area contributed by atoms with Crippen LogP contribution in [0.2, 0.25) is 0 Å². The standard InChI is InChI=1S/C41H47F3N6O5S/c1-6-48-21-29-19-28(48)22-49(29)40(52)35-36(47(4)45-38(35)41(42,43)44)27-16-26-17-30(55-5)13-15-31(26)37-34(24-10-8-7-9-11-24)32-14-12-25(18-33(32)50(37)20-27)39(51)46-56(53,54)23(2)3/h12-18,23-24,28-29H,6-11,19-22H2,1-5H3,(H,46,51)/t28-,29?/m1/s1. The zero-order valence-corrected chi connectivity index (χ0v) is 33.1. The van der Waals surface area contributed by atoms with Crippen molar-refractivity contribution in [3.63, 3.8) is 0 Å². The number of likely N-dealkylation sites (N-methyl/N-ethyl adjacent to an activating group) is 1. The number of sulfonamides is 1. The maximum absolute atomic E-state index is 14.9. The molecule has 3 fully saturated rings. The number of aryl methyl sites for hydroxylation is 1. The highest BCUT2D eigenvalue weighted by Gasteiger charge is 2.49. The summed E-state index contributed by atoms with van der Waals surface area (Å²) in [5.74, 6) is -0.746. The Hall–Kier alpha value is -4.63. The number of alkyl halides is 3. The van der Waals surface area contributed by atoms with Crippen molar-refractivity contribution >= 4 is 44.4 Å². The summed E-state index contributed by atoms with van der Waals surface area (Å²) < 4.78 is 81.3. The monoisotopic (exact) mass is 792 g/mol. The molecule has 1 aliphatic carbocycles. The minimum Gasteiger partial charge on any atom is -0.497 e. The van der Waals surface area contributed by atoms with E-state index in [1.54, 1.807) is 24.1 Å². The van der Waals surface area contributed by atoms with Crippen LogP contribution in [0.4, 0.5) is 13.2 Å². The highest BCUT2D eigenvalue weighted by atomic mass is 32.2. The number of halogens is 3. The predicted molar refractivity (Wildman–Crippen MR) is 208 cm³/mol. The SMILES string of the molecule is CCN1CC2C[C@@H]1CN2C(=O)c1c(C(F)(F)F)nn(C)c1C1=Cc2cc(OC)ccc2-c2c(C3CCCCC3)c3ccc(C(=O)NS(=O)(=O)C(C)C)cc3n2C1. The van der Waals surface area contributed by atoms with E-state index in [1.165, 1.54) is 25.6 Å². The third-order valence-electron chi connectivity index (χ3n) is 12.3. The molecule has 2 aromatic heterocycles. The number of nitrogens with zero attached hydrogens (tertiary/aromatic N) is 5. The highest BCUT2D eigenvalue weighted by molar-refractivity contribution is 7.90. The van der Waals surface area contributed by atoms with Crippen LogP contribution in [0.25, 0.3) is 33.8 Å². The minimum atomic E-state index is -4.90. The fraction of sp³-hybridized carbons (Fsp3) is 0.488. The molecule has 8 rings (SSSR count). The van der Waals surface area contributed by atoms with E-state index in [-0.39, 0.29) is 35.8 Å². The fourth-order valence-corrected chi connectivity index (χ4v) is 10.1. The Bertz CT molecular complexity index is 2390. The van der Waals surface area contributed by atoms with E-state index in [2.05, 4.69) is 14.7 Å². The number of piperazine rings is 1. The zero-order chi connectivity index (χ0) is 39.8. The lowest BCUT2D eigenvalue weighted by Crippen LogP contribution is -2.49. The van der Waals surface area contributed by atoms with Crippen LogP contribution >= 0.6 is 0 Å². The van der Waals surface area contributed by atoms with E-state index >= 15 is 0 Å². The van der Waals surface area contributed by atoms with Gasteiger partial charge in [-0.05, 0) is 98.7 Å². The molecular weight excluding hydrogens is 746 g/mol. The smallest absolute Gasteiger partial charge is 0.435 e.